The lowest BCUT2D eigenvalue weighted by Crippen LogP contribution is -2.29. The normalized spacial score (nSPS) is 20.5. The quantitative estimate of drug-likeness (QED) is 0.765. The van der Waals surface area contributed by atoms with E-state index in [1.165, 1.54) is 42.7 Å². The van der Waals surface area contributed by atoms with E-state index < -0.39 is 0 Å². The smallest absolute Gasteiger partial charge is 0.0414 e. The van der Waals surface area contributed by atoms with Crippen molar-refractivity contribution >= 4 is 17.1 Å². The molecule has 3 rings (SSSR count). The molecule has 2 aromatic carbocycles. The molecule has 0 bridgehead atoms. The van der Waals surface area contributed by atoms with Gasteiger partial charge in [0.25, 0.3) is 0 Å². The van der Waals surface area contributed by atoms with E-state index in [1.54, 1.807) is 0 Å². The molecule has 0 heterocycles. The van der Waals surface area contributed by atoms with E-state index in [1.807, 2.05) is 0 Å². The highest BCUT2D eigenvalue weighted by atomic mass is 15.2. The second kappa shape index (κ2) is 8.39. The summed E-state index contributed by atoms with van der Waals surface area (Å²) in [5.74, 6) is 0.760. The molecule has 0 radical (unpaired) electrons. The monoisotopic (exact) mass is 337 g/mol. The molecular weight excluding hydrogens is 306 g/mol. The van der Waals surface area contributed by atoms with Crippen LogP contribution >= 0.6 is 0 Å². The van der Waals surface area contributed by atoms with Gasteiger partial charge in [0.1, 0.15) is 0 Å². The minimum atomic E-state index is 0.410. The van der Waals surface area contributed by atoms with Crippen LogP contribution in [0, 0.1) is 5.92 Å². The first-order valence-corrected chi connectivity index (χ1v) is 9.57. The van der Waals surface area contributed by atoms with E-state index in [9.17, 15) is 0 Å². The van der Waals surface area contributed by atoms with Gasteiger partial charge in [0.05, 0.1) is 0 Å². The number of nitrogens with one attached hydrogen (secondary N) is 1. The van der Waals surface area contributed by atoms with Crippen LogP contribution in [0.5, 0.6) is 0 Å². The molecule has 0 saturated heterocycles. The molecule has 3 nitrogen and oxygen atoms in total. The zero-order chi connectivity index (χ0) is 17.6. The third-order valence-electron chi connectivity index (χ3n) is 5.18. The molecule has 0 unspecified atom stereocenters. The second-order valence-electron chi connectivity index (χ2n) is 7.51. The number of para-hydroxylation sites is 1. The van der Waals surface area contributed by atoms with Gasteiger partial charge in [-0.1, -0.05) is 18.2 Å². The first kappa shape index (κ1) is 17.8. The molecule has 1 aliphatic rings. The maximum atomic E-state index is 6.00. The fraction of sp³-hybridized carbons (Fsp3) is 0.455. The highest BCUT2D eigenvalue weighted by molar-refractivity contribution is 5.66. The molecule has 0 atom stereocenters. The number of benzene rings is 2. The predicted octanol–water partition coefficient (Wildman–Crippen LogP) is 5.16. The van der Waals surface area contributed by atoms with E-state index in [0.29, 0.717) is 12.1 Å². The summed E-state index contributed by atoms with van der Waals surface area (Å²) in [6.45, 7) is 5.51. The Balaban J connectivity index is 1.62. The fourth-order valence-electron chi connectivity index (χ4n) is 3.73. The Morgan fingerprint density at radius 2 is 1.52 bits per heavy atom. The Morgan fingerprint density at radius 1 is 0.920 bits per heavy atom. The number of hydrogen-bond donors (Lipinski definition) is 2. The molecule has 134 valence electrons. The molecule has 0 aromatic heterocycles. The van der Waals surface area contributed by atoms with Gasteiger partial charge in [-0.25, -0.2) is 0 Å². The SMILES string of the molecule is CC(C)N(c1ccccc1)c1ccc(NCC2CCC(N)CC2)cc1. The topological polar surface area (TPSA) is 41.3 Å². The Kier molecular flexibility index (Phi) is 5.98. The summed E-state index contributed by atoms with van der Waals surface area (Å²) in [5.41, 5.74) is 9.67. The van der Waals surface area contributed by atoms with Crippen LogP contribution in [-0.4, -0.2) is 18.6 Å². The van der Waals surface area contributed by atoms with Crippen molar-refractivity contribution in [1.82, 2.24) is 0 Å². The van der Waals surface area contributed by atoms with Crippen molar-refractivity contribution in [3.05, 3.63) is 54.6 Å². The van der Waals surface area contributed by atoms with Crippen LogP contribution in [-0.2, 0) is 0 Å². The Hall–Kier alpha value is -2.00. The van der Waals surface area contributed by atoms with Gasteiger partial charge in [-0.05, 0) is 81.8 Å². The first-order valence-electron chi connectivity index (χ1n) is 9.57. The maximum absolute atomic E-state index is 6.00. The van der Waals surface area contributed by atoms with Crippen molar-refractivity contribution in [2.45, 2.75) is 51.6 Å². The molecule has 25 heavy (non-hydrogen) atoms. The van der Waals surface area contributed by atoms with Crippen molar-refractivity contribution < 1.29 is 0 Å². The molecule has 1 saturated carbocycles. The summed E-state index contributed by atoms with van der Waals surface area (Å²) in [6.07, 6.45) is 4.85. The number of nitrogens with zero attached hydrogens (tertiary/aromatic N) is 1. The zero-order valence-electron chi connectivity index (χ0n) is 15.5. The van der Waals surface area contributed by atoms with Crippen molar-refractivity contribution in [3.8, 4) is 0 Å². The average Bonchev–Trinajstić information content (AvgIpc) is 2.63. The predicted molar refractivity (Wildman–Crippen MR) is 109 cm³/mol. The van der Waals surface area contributed by atoms with Crippen LogP contribution < -0.4 is 16.0 Å². The van der Waals surface area contributed by atoms with Crippen LogP contribution in [0.15, 0.2) is 54.6 Å². The standard InChI is InChI=1S/C22H31N3/c1-17(2)25(21-6-4-3-5-7-21)22-14-12-20(13-15-22)24-16-18-8-10-19(23)11-9-18/h3-7,12-15,17-19,24H,8-11,16,23H2,1-2H3. The number of hydrogen-bond acceptors (Lipinski definition) is 3. The molecule has 2 aromatic rings. The van der Waals surface area contributed by atoms with Crippen molar-refractivity contribution in [2.75, 3.05) is 16.8 Å². The van der Waals surface area contributed by atoms with Gasteiger partial charge in [-0.3, -0.25) is 0 Å². The van der Waals surface area contributed by atoms with Crippen LogP contribution in [0.1, 0.15) is 39.5 Å². The van der Waals surface area contributed by atoms with E-state index in [2.05, 4.69) is 78.7 Å². The highest BCUT2D eigenvalue weighted by Crippen LogP contribution is 2.29. The summed E-state index contributed by atoms with van der Waals surface area (Å²) in [5, 5.41) is 3.61. The van der Waals surface area contributed by atoms with E-state index in [4.69, 9.17) is 5.73 Å². The van der Waals surface area contributed by atoms with Gasteiger partial charge in [0, 0.05) is 35.7 Å². The molecule has 1 aliphatic carbocycles. The molecule has 0 spiro atoms. The maximum Gasteiger partial charge on any atom is 0.0414 e. The Labute approximate surface area is 152 Å². The van der Waals surface area contributed by atoms with E-state index >= 15 is 0 Å². The molecule has 3 heteroatoms. The average molecular weight is 338 g/mol. The van der Waals surface area contributed by atoms with Crippen molar-refractivity contribution in [2.24, 2.45) is 11.7 Å². The largest absolute Gasteiger partial charge is 0.385 e. The minimum Gasteiger partial charge on any atom is -0.385 e. The summed E-state index contributed by atoms with van der Waals surface area (Å²) in [7, 11) is 0. The van der Waals surface area contributed by atoms with Crippen LogP contribution in [0.3, 0.4) is 0 Å². The van der Waals surface area contributed by atoms with E-state index in [0.717, 1.165) is 12.5 Å². The lowest BCUT2D eigenvalue weighted by atomic mass is 9.86. The van der Waals surface area contributed by atoms with Crippen LogP contribution in [0.2, 0.25) is 0 Å². The zero-order valence-corrected chi connectivity index (χ0v) is 15.5. The first-order chi connectivity index (χ1) is 12.1. The minimum absolute atomic E-state index is 0.410. The third kappa shape index (κ3) is 4.76. The highest BCUT2D eigenvalue weighted by Gasteiger charge is 2.18. The number of anilines is 3. The molecule has 3 N–H and O–H groups in total. The molecular formula is C22H31N3. The van der Waals surface area contributed by atoms with Crippen molar-refractivity contribution in [3.63, 3.8) is 0 Å². The van der Waals surface area contributed by atoms with Crippen molar-refractivity contribution in [1.29, 1.82) is 0 Å². The lowest BCUT2D eigenvalue weighted by Gasteiger charge is -2.29. The van der Waals surface area contributed by atoms with Crippen LogP contribution in [0.25, 0.3) is 0 Å². The van der Waals surface area contributed by atoms with Gasteiger partial charge in [-0.15, -0.1) is 0 Å². The summed E-state index contributed by atoms with van der Waals surface area (Å²) >= 11 is 0. The van der Waals surface area contributed by atoms with E-state index in [-0.39, 0.29) is 0 Å². The second-order valence-corrected chi connectivity index (χ2v) is 7.51. The number of rotatable bonds is 6. The van der Waals surface area contributed by atoms with Gasteiger partial charge in [-0.2, -0.15) is 0 Å². The van der Waals surface area contributed by atoms with Gasteiger partial charge in [0.15, 0.2) is 0 Å². The summed E-state index contributed by atoms with van der Waals surface area (Å²) in [4.78, 5) is 2.37. The Morgan fingerprint density at radius 3 is 2.12 bits per heavy atom. The summed E-state index contributed by atoms with van der Waals surface area (Å²) < 4.78 is 0. The molecule has 0 amide bonds. The third-order valence-corrected chi connectivity index (χ3v) is 5.18. The Bertz CT molecular complexity index is 628. The number of nitrogens with two attached hydrogens (primary N) is 1. The molecule has 0 aliphatic heterocycles. The van der Waals surface area contributed by atoms with Gasteiger partial charge >= 0.3 is 0 Å². The van der Waals surface area contributed by atoms with Gasteiger partial charge < -0.3 is 16.0 Å². The fourth-order valence-corrected chi connectivity index (χ4v) is 3.73. The van der Waals surface area contributed by atoms with Crippen LogP contribution in [0.4, 0.5) is 17.1 Å². The lowest BCUT2D eigenvalue weighted by molar-refractivity contribution is 0.339. The van der Waals surface area contributed by atoms with Gasteiger partial charge in [0.2, 0.25) is 0 Å². The molecule has 1 fully saturated rings. The summed E-state index contributed by atoms with van der Waals surface area (Å²) in [6, 6.07) is 20.2.